The molecule has 0 spiro atoms. The smallest absolute Gasteiger partial charge is 0.0606 e. The number of nitrogens with one attached hydrogen (secondary N) is 1. The number of aryl methyl sites for hydroxylation is 2. The Balaban J connectivity index is 1.96. The molecule has 18 heavy (non-hydrogen) atoms. The van der Waals surface area contributed by atoms with Crippen LogP contribution in [0.5, 0.6) is 0 Å². The molecule has 2 nitrogen and oxygen atoms in total. The lowest BCUT2D eigenvalue weighted by Gasteiger charge is -2.19. The zero-order valence-electron chi connectivity index (χ0n) is 12.0. The van der Waals surface area contributed by atoms with Crippen molar-refractivity contribution < 1.29 is 0 Å². The highest BCUT2D eigenvalue weighted by Crippen LogP contribution is 2.27. The van der Waals surface area contributed by atoms with E-state index in [-0.39, 0.29) is 0 Å². The van der Waals surface area contributed by atoms with Crippen molar-refractivity contribution in [2.24, 2.45) is 5.92 Å². The maximum absolute atomic E-state index is 4.53. The van der Waals surface area contributed by atoms with E-state index in [9.17, 15) is 0 Å². The summed E-state index contributed by atoms with van der Waals surface area (Å²) < 4.78 is 0. The summed E-state index contributed by atoms with van der Waals surface area (Å²) in [5.41, 5.74) is 3.46. The van der Waals surface area contributed by atoms with Crippen molar-refractivity contribution >= 4 is 5.69 Å². The van der Waals surface area contributed by atoms with Crippen molar-refractivity contribution in [2.75, 3.05) is 5.32 Å². The highest BCUT2D eigenvalue weighted by atomic mass is 14.9. The van der Waals surface area contributed by atoms with Crippen molar-refractivity contribution in [1.82, 2.24) is 4.98 Å². The van der Waals surface area contributed by atoms with Gasteiger partial charge in [-0.25, -0.2) is 0 Å². The third kappa shape index (κ3) is 3.47. The Bertz CT molecular complexity index is 387. The lowest BCUT2D eigenvalue weighted by Crippen LogP contribution is -2.19. The molecule has 2 unspecified atom stereocenters. The summed E-state index contributed by atoms with van der Waals surface area (Å²) in [6.07, 6.45) is 8.13. The molecule has 1 aliphatic carbocycles. The lowest BCUT2D eigenvalue weighted by atomic mass is 9.98. The van der Waals surface area contributed by atoms with Crippen LogP contribution in [0.1, 0.15) is 56.8 Å². The first kappa shape index (κ1) is 13.4. The molecule has 0 aliphatic heterocycles. The first-order chi connectivity index (χ1) is 8.69. The van der Waals surface area contributed by atoms with Crippen molar-refractivity contribution in [3.05, 3.63) is 23.5 Å². The average molecular weight is 246 g/mol. The fourth-order valence-electron chi connectivity index (χ4n) is 2.99. The number of aromatic nitrogens is 1. The Morgan fingerprint density at radius 1 is 1.17 bits per heavy atom. The second-order valence-electron chi connectivity index (χ2n) is 5.71. The number of pyridine rings is 1. The number of hydrogen-bond donors (Lipinski definition) is 1. The molecule has 2 atom stereocenters. The van der Waals surface area contributed by atoms with Gasteiger partial charge in [-0.1, -0.05) is 26.2 Å². The third-order valence-corrected chi connectivity index (χ3v) is 4.25. The van der Waals surface area contributed by atoms with Gasteiger partial charge in [-0.3, -0.25) is 4.98 Å². The van der Waals surface area contributed by atoms with Gasteiger partial charge in [0.05, 0.1) is 11.4 Å². The minimum absolute atomic E-state index is 0.643. The van der Waals surface area contributed by atoms with Gasteiger partial charge in [0.25, 0.3) is 0 Å². The fraction of sp³-hybridized carbons (Fsp3) is 0.688. The monoisotopic (exact) mass is 246 g/mol. The molecule has 0 radical (unpaired) electrons. The summed E-state index contributed by atoms with van der Waals surface area (Å²) in [5.74, 6) is 0.953. The Morgan fingerprint density at radius 2 is 2.00 bits per heavy atom. The fourth-order valence-corrected chi connectivity index (χ4v) is 2.99. The summed E-state index contributed by atoms with van der Waals surface area (Å²) in [4.78, 5) is 4.53. The molecule has 0 amide bonds. The minimum atomic E-state index is 0.643. The van der Waals surface area contributed by atoms with Crippen LogP contribution in [0.15, 0.2) is 12.1 Å². The van der Waals surface area contributed by atoms with Crippen LogP contribution in [0.3, 0.4) is 0 Å². The van der Waals surface area contributed by atoms with Crippen LogP contribution in [0, 0.1) is 19.8 Å². The topological polar surface area (TPSA) is 24.9 Å². The average Bonchev–Trinajstić information content (AvgIpc) is 2.58. The summed E-state index contributed by atoms with van der Waals surface area (Å²) in [6.45, 7) is 6.47. The summed E-state index contributed by atoms with van der Waals surface area (Å²) in [7, 11) is 0. The molecule has 1 heterocycles. The molecule has 1 aromatic rings. The van der Waals surface area contributed by atoms with Gasteiger partial charge < -0.3 is 5.32 Å². The van der Waals surface area contributed by atoms with E-state index >= 15 is 0 Å². The molecule has 1 aliphatic rings. The van der Waals surface area contributed by atoms with Crippen molar-refractivity contribution in [1.29, 1.82) is 0 Å². The highest BCUT2D eigenvalue weighted by molar-refractivity contribution is 5.48. The summed E-state index contributed by atoms with van der Waals surface area (Å²) in [6, 6.07) is 4.92. The zero-order valence-corrected chi connectivity index (χ0v) is 12.0. The predicted octanol–water partition coefficient (Wildman–Crippen LogP) is 4.47. The largest absolute Gasteiger partial charge is 0.381 e. The van der Waals surface area contributed by atoms with Gasteiger partial charge in [-0.2, -0.15) is 0 Å². The van der Waals surface area contributed by atoms with Crippen LogP contribution in [-0.4, -0.2) is 11.0 Å². The quantitative estimate of drug-likeness (QED) is 0.796. The molecule has 1 N–H and O–H groups in total. The predicted molar refractivity (Wildman–Crippen MR) is 78.0 cm³/mol. The van der Waals surface area contributed by atoms with Crippen LogP contribution < -0.4 is 5.32 Å². The van der Waals surface area contributed by atoms with Crippen LogP contribution in [0.2, 0.25) is 0 Å². The second kappa shape index (κ2) is 6.21. The third-order valence-electron chi connectivity index (χ3n) is 4.25. The van der Waals surface area contributed by atoms with Gasteiger partial charge in [0.15, 0.2) is 0 Å². The van der Waals surface area contributed by atoms with E-state index in [2.05, 4.69) is 36.3 Å². The molecule has 1 fully saturated rings. The van der Waals surface area contributed by atoms with Crippen molar-refractivity contribution in [2.45, 2.75) is 65.3 Å². The lowest BCUT2D eigenvalue weighted by molar-refractivity contribution is 0.444. The Hall–Kier alpha value is -1.05. The molecule has 1 aromatic heterocycles. The molecular formula is C16H26N2. The minimum Gasteiger partial charge on any atom is -0.381 e. The molecule has 0 saturated heterocycles. The van der Waals surface area contributed by atoms with E-state index in [4.69, 9.17) is 0 Å². The van der Waals surface area contributed by atoms with E-state index in [1.165, 1.54) is 44.2 Å². The molecule has 100 valence electrons. The maximum Gasteiger partial charge on any atom is 0.0606 e. The number of rotatable bonds is 3. The second-order valence-corrected chi connectivity index (χ2v) is 5.71. The molecule has 2 heteroatoms. The van der Waals surface area contributed by atoms with E-state index in [1.807, 2.05) is 6.92 Å². The van der Waals surface area contributed by atoms with Crippen LogP contribution in [-0.2, 0) is 0 Å². The highest BCUT2D eigenvalue weighted by Gasteiger charge is 2.18. The van der Waals surface area contributed by atoms with Gasteiger partial charge in [-0.15, -0.1) is 0 Å². The first-order valence-electron chi connectivity index (χ1n) is 7.39. The summed E-state index contributed by atoms with van der Waals surface area (Å²) >= 11 is 0. The van der Waals surface area contributed by atoms with Gasteiger partial charge >= 0.3 is 0 Å². The van der Waals surface area contributed by atoms with Crippen molar-refractivity contribution in [3.63, 3.8) is 0 Å². The van der Waals surface area contributed by atoms with Crippen LogP contribution in [0.4, 0.5) is 5.69 Å². The Labute approximate surface area is 111 Å². The Kier molecular flexibility index (Phi) is 4.62. The standard InChI is InChI=1S/C16H26N2/c1-4-14-6-5-7-15(10-9-14)18-16-11-8-12(2)17-13(16)3/h8,11,14-15,18H,4-7,9-10H2,1-3H3. The zero-order chi connectivity index (χ0) is 13.0. The van der Waals surface area contributed by atoms with Crippen molar-refractivity contribution in [3.8, 4) is 0 Å². The van der Waals surface area contributed by atoms with Gasteiger partial charge in [0.2, 0.25) is 0 Å². The maximum atomic E-state index is 4.53. The van der Waals surface area contributed by atoms with E-state index in [0.717, 1.165) is 17.3 Å². The van der Waals surface area contributed by atoms with E-state index < -0.39 is 0 Å². The summed E-state index contributed by atoms with van der Waals surface area (Å²) in [5, 5.41) is 3.70. The van der Waals surface area contributed by atoms with E-state index in [1.54, 1.807) is 0 Å². The van der Waals surface area contributed by atoms with Gasteiger partial charge in [-0.05, 0) is 51.2 Å². The van der Waals surface area contributed by atoms with Gasteiger partial charge in [0.1, 0.15) is 0 Å². The van der Waals surface area contributed by atoms with E-state index in [0.29, 0.717) is 6.04 Å². The first-order valence-corrected chi connectivity index (χ1v) is 7.39. The molecule has 0 aromatic carbocycles. The Morgan fingerprint density at radius 3 is 2.72 bits per heavy atom. The SMILES string of the molecule is CCC1CCCC(Nc2ccc(C)nc2C)CC1. The van der Waals surface area contributed by atoms with Gasteiger partial charge in [0, 0.05) is 11.7 Å². The molecule has 1 saturated carbocycles. The van der Waals surface area contributed by atoms with Crippen LogP contribution >= 0.6 is 0 Å². The molecular weight excluding hydrogens is 220 g/mol. The number of anilines is 1. The molecule has 0 bridgehead atoms. The normalized spacial score (nSPS) is 24.6. The molecule has 2 rings (SSSR count). The number of nitrogens with zero attached hydrogens (tertiary/aromatic N) is 1. The van der Waals surface area contributed by atoms with Crippen LogP contribution in [0.25, 0.3) is 0 Å². The number of hydrogen-bond acceptors (Lipinski definition) is 2.